The Bertz CT molecular complexity index is 1280. The number of nitrogens with two attached hydrogens (primary N) is 1. The fourth-order valence-electron chi connectivity index (χ4n) is 4.96. The molecule has 1 amide bonds. The fraction of sp³-hybridized carbons (Fsp3) is 0.316. The topological polar surface area (TPSA) is 244 Å². The Labute approximate surface area is 182 Å². The van der Waals surface area contributed by atoms with Crippen LogP contribution in [0.2, 0.25) is 0 Å². The van der Waals surface area contributed by atoms with Crippen molar-refractivity contribution in [2.75, 3.05) is 0 Å². The zero-order valence-electron chi connectivity index (χ0n) is 16.5. The zero-order valence-corrected chi connectivity index (χ0v) is 16.5. The number of phenolic OH excluding ortho intramolecular Hbond substituents is 1. The number of nitro groups is 2. The van der Waals surface area contributed by atoms with E-state index in [4.69, 9.17) is 5.73 Å². The van der Waals surface area contributed by atoms with Crippen molar-refractivity contribution in [2.24, 2.45) is 17.6 Å². The molecule has 3 aliphatic rings. The smallest absolute Gasteiger partial charge is 0.318 e. The number of phenols is 1. The average Bonchev–Trinajstić information content (AvgIpc) is 2.70. The number of hydrogen-bond acceptors (Lipinski definition) is 11. The van der Waals surface area contributed by atoms with Gasteiger partial charge in [0.05, 0.1) is 21.5 Å². The maximum Gasteiger partial charge on any atom is 0.318 e. The molecular weight excluding hydrogens is 446 g/mol. The minimum atomic E-state index is -2.81. The van der Waals surface area contributed by atoms with Gasteiger partial charge in [-0.2, -0.15) is 0 Å². The summed E-state index contributed by atoms with van der Waals surface area (Å²) in [7, 11) is 0. The Balaban J connectivity index is 2.00. The van der Waals surface area contributed by atoms with Gasteiger partial charge in [0, 0.05) is 23.5 Å². The molecule has 0 aromatic heterocycles. The van der Waals surface area contributed by atoms with Crippen LogP contribution in [0.15, 0.2) is 23.0 Å². The summed E-state index contributed by atoms with van der Waals surface area (Å²) in [6.45, 7) is 0. The molecule has 1 aromatic carbocycles. The summed E-state index contributed by atoms with van der Waals surface area (Å²) in [6.07, 6.45) is -1.11. The number of aliphatic hydroxyl groups is 3. The van der Waals surface area contributed by atoms with E-state index in [2.05, 4.69) is 0 Å². The van der Waals surface area contributed by atoms with E-state index in [9.17, 15) is 55.0 Å². The summed E-state index contributed by atoms with van der Waals surface area (Å²) >= 11 is 0. The Morgan fingerprint density at radius 1 is 1.09 bits per heavy atom. The van der Waals surface area contributed by atoms with E-state index < -0.39 is 96.5 Å². The van der Waals surface area contributed by atoms with Crippen molar-refractivity contribution in [1.29, 1.82) is 0 Å². The lowest BCUT2D eigenvalue weighted by atomic mass is 9.59. The second-order valence-electron chi connectivity index (χ2n) is 8.04. The predicted octanol–water partition coefficient (Wildman–Crippen LogP) is 0.240. The number of aliphatic hydroxyl groups excluding tert-OH is 2. The quantitative estimate of drug-likeness (QED) is 0.232. The molecule has 4 rings (SSSR count). The van der Waals surface area contributed by atoms with E-state index in [0.717, 1.165) is 0 Å². The standard InChI is InChI=1S/C19H15N3O11/c20-18(28)13-10(23)3-6-1-5-2-7-8(21(30)31)4-9(22(32)33)14(24)12(7)15(25)11(5)16(26)19(6,29)17(13)27/h4-6,24-25,27,29H,1-3H2,(H2,20,28). The van der Waals surface area contributed by atoms with E-state index in [1.54, 1.807) is 0 Å². The second-order valence-corrected chi connectivity index (χ2v) is 8.04. The molecule has 3 aliphatic carbocycles. The summed E-state index contributed by atoms with van der Waals surface area (Å²) in [4.78, 5) is 57.9. The van der Waals surface area contributed by atoms with Crippen molar-refractivity contribution in [3.63, 3.8) is 0 Å². The Kier molecular flexibility index (Phi) is 4.53. The maximum atomic E-state index is 13.3. The third-order valence-electron chi connectivity index (χ3n) is 6.41. The van der Waals surface area contributed by atoms with Crippen LogP contribution in [0.3, 0.4) is 0 Å². The molecule has 0 bridgehead atoms. The minimum absolute atomic E-state index is 0.224. The predicted molar refractivity (Wildman–Crippen MR) is 105 cm³/mol. The number of carbonyl (C=O) groups is 3. The highest BCUT2D eigenvalue weighted by atomic mass is 16.6. The Hall–Kier alpha value is -4.33. The third kappa shape index (κ3) is 2.73. The first-order valence-electron chi connectivity index (χ1n) is 9.47. The molecule has 14 nitrogen and oxygen atoms in total. The number of ketones is 2. The summed E-state index contributed by atoms with van der Waals surface area (Å²) in [5, 5.41) is 65.5. The van der Waals surface area contributed by atoms with Gasteiger partial charge >= 0.3 is 5.69 Å². The summed E-state index contributed by atoms with van der Waals surface area (Å²) in [5.74, 6) is -9.29. The van der Waals surface area contributed by atoms with Gasteiger partial charge in [0.25, 0.3) is 11.6 Å². The van der Waals surface area contributed by atoms with Gasteiger partial charge in [-0.15, -0.1) is 0 Å². The highest BCUT2D eigenvalue weighted by molar-refractivity contribution is 6.22. The molecular formula is C19H15N3O11. The molecule has 0 aliphatic heterocycles. The maximum absolute atomic E-state index is 13.3. The number of primary amides is 1. The minimum Gasteiger partial charge on any atom is -0.508 e. The Morgan fingerprint density at radius 2 is 1.70 bits per heavy atom. The van der Waals surface area contributed by atoms with Gasteiger partial charge < -0.3 is 26.2 Å². The monoisotopic (exact) mass is 461 g/mol. The van der Waals surface area contributed by atoms with Crippen molar-refractivity contribution >= 4 is 34.6 Å². The number of amides is 1. The van der Waals surface area contributed by atoms with Crippen molar-refractivity contribution in [2.45, 2.75) is 24.9 Å². The van der Waals surface area contributed by atoms with Crippen LogP contribution in [0.5, 0.6) is 5.75 Å². The van der Waals surface area contributed by atoms with E-state index in [1.165, 1.54) is 0 Å². The number of hydrogen-bond donors (Lipinski definition) is 5. The molecule has 6 N–H and O–H groups in total. The first-order valence-corrected chi connectivity index (χ1v) is 9.47. The molecule has 0 saturated heterocycles. The van der Waals surface area contributed by atoms with Crippen LogP contribution >= 0.6 is 0 Å². The van der Waals surface area contributed by atoms with Crippen molar-refractivity contribution in [3.05, 3.63) is 54.3 Å². The SMILES string of the molecule is NC(=O)C1=C(O)C2(O)C(=O)C3=C(O)c4c(O)c([N+](=O)[O-])cc([N+](=O)[O-])c4CC3CC2CC1=O. The summed E-state index contributed by atoms with van der Waals surface area (Å²) < 4.78 is 0. The number of rotatable bonds is 3. The van der Waals surface area contributed by atoms with E-state index in [-0.39, 0.29) is 18.4 Å². The van der Waals surface area contributed by atoms with Gasteiger partial charge in [-0.3, -0.25) is 34.6 Å². The van der Waals surface area contributed by atoms with Gasteiger partial charge in [0.2, 0.25) is 11.5 Å². The highest BCUT2D eigenvalue weighted by Crippen LogP contribution is 2.54. The van der Waals surface area contributed by atoms with Crippen molar-refractivity contribution in [3.8, 4) is 5.75 Å². The molecule has 0 heterocycles. The first kappa shape index (κ1) is 21.9. The van der Waals surface area contributed by atoms with Gasteiger partial charge in [-0.1, -0.05) is 0 Å². The number of benzene rings is 1. The first-order chi connectivity index (χ1) is 15.3. The van der Waals surface area contributed by atoms with Crippen molar-refractivity contribution in [1.82, 2.24) is 0 Å². The summed E-state index contributed by atoms with van der Waals surface area (Å²) in [5.41, 5.74) is -2.10. The normalized spacial score (nSPS) is 26.5. The number of nitro benzene ring substituents is 2. The van der Waals surface area contributed by atoms with Crippen LogP contribution in [-0.2, 0) is 20.8 Å². The fourth-order valence-corrected chi connectivity index (χ4v) is 4.96. The number of aromatic hydroxyl groups is 1. The van der Waals surface area contributed by atoms with Crippen molar-refractivity contribution < 1.29 is 44.7 Å². The lowest BCUT2D eigenvalue weighted by Gasteiger charge is -2.45. The summed E-state index contributed by atoms with van der Waals surface area (Å²) in [6, 6.07) is 0.533. The second kappa shape index (κ2) is 6.83. The molecule has 1 fully saturated rings. The van der Waals surface area contributed by atoms with Crippen LogP contribution in [0.25, 0.3) is 5.76 Å². The largest absolute Gasteiger partial charge is 0.508 e. The zero-order chi connectivity index (χ0) is 24.6. The Morgan fingerprint density at radius 3 is 2.24 bits per heavy atom. The number of Topliss-reactive ketones (excluding diaryl/α,β-unsaturated/α-hetero) is 2. The highest BCUT2D eigenvalue weighted by Gasteiger charge is 2.60. The average molecular weight is 461 g/mol. The third-order valence-corrected chi connectivity index (χ3v) is 6.41. The number of carbonyl (C=O) groups excluding carboxylic acids is 3. The lowest BCUT2D eigenvalue weighted by Crippen LogP contribution is -2.58. The van der Waals surface area contributed by atoms with Crippen LogP contribution < -0.4 is 5.73 Å². The number of nitrogens with zero attached hydrogens (tertiary/aromatic N) is 2. The van der Waals surface area contributed by atoms with Crippen LogP contribution in [-0.4, -0.2) is 53.3 Å². The molecule has 0 spiro atoms. The van der Waals surface area contributed by atoms with Crippen LogP contribution in [0, 0.1) is 32.1 Å². The van der Waals surface area contributed by atoms with Gasteiger partial charge in [-0.25, -0.2) is 0 Å². The molecule has 1 saturated carbocycles. The number of fused-ring (bicyclic) bond motifs is 3. The van der Waals surface area contributed by atoms with Crippen LogP contribution in [0.4, 0.5) is 11.4 Å². The van der Waals surface area contributed by atoms with Crippen LogP contribution in [0.1, 0.15) is 24.0 Å². The van der Waals surface area contributed by atoms with Gasteiger partial charge in [-0.05, 0) is 18.8 Å². The van der Waals surface area contributed by atoms with Gasteiger partial charge in [0.15, 0.2) is 11.4 Å². The molecule has 3 unspecified atom stereocenters. The molecule has 3 atom stereocenters. The lowest BCUT2D eigenvalue weighted by molar-refractivity contribution is -0.395. The molecule has 33 heavy (non-hydrogen) atoms. The molecule has 14 heteroatoms. The van der Waals surface area contributed by atoms with E-state index in [1.807, 2.05) is 0 Å². The molecule has 1 aromatic rings. The van der Waals surface area contributed by atoms with Gasteiger partial charge in [0.1, 0.15) is 17.1 Å². The molecule has 172 valence electrons. The van der Waals surface area contributed by atoms with E-state index >= 15 is 0 Å². The molecule has 0 radical (unpaired) electrons. The van der Waals surface area contributed by atoms with E-state index in [0.29, 0.717) is 6.07 Å².